The Hall–Kier alpha value is -1.90. The summed E-state index contributed by atoms with van der Waals surface area (Å²) in [6.07, 6.45) is 0.690. The van der Waals surface area contributed by atoms with Gasteiger partial charge in [0, 0.05) is 40.0 Å². The molecule has 1 aromatic carbocycles. The predicted molar refractivity (Wildman–Crippen MR) is 109 cm³/mol. The van der Waals surface area contributed by atoms with E-state index in [-0.39, 0.29) is 43.2 Å². The molecule has 3 aliphatic heterocycles. The molecule has 1 aromatic rings. The zero-order valence-electron chi connectivity index (χ0n) is 18.0. The maximum absolute atomic E-state index is 14.6. The molecule has 168 valence electrons. The summed E-state index contributed by atoms with van der Waals surface area (Å²) in [5, 5.41) is 4.13. The van der Waals surface area contributed by atoms with E-state index in [4.69, 9.17) is 4.74 Å². The fourth-order valence-electron chi connectivity index (χ4n) is 6.51. The molecule has 3 saturated heterocycles. The summed E-state index contributed by atoms with van der Waals surface area (Å²) in [6, 6.07) is 8.76. The number of Topliss-reactive ketones (excluding diaryl/α,β-unsaturated/α-hetero) is 1. The first-order valence-corrected chi connectivity index (χ1v) is 11.1. The van der Waals surface area contributed by atoms with Gasteiger partial charge in [0.25, 0.3) is 0 Å². The zero-order chi connectivity index (χ0) is 22.0. The van der Waals surface area contributed by atoms with E-state index in [0.717, 1.165) is 5.56 Å². The Morgan fingerprint density at radius 1 is 1.10 bits per heavy atom. The minimum absolute atomic E-state index is 0.0840. The SMILES string of the molecule is COC1C(=O)CCN2C1C(=O)N(C)C1CCC3(CCC(F)(F)C3)C(c3ccccc3)N12. The van der Waals surface area contributed by atoms with Crippen molar-refractivity contribution < 1.29 is 23.1 Å². The maximum atomic E-state index is 14.6. The summed E-state index contributed by atoms with van der Waals surface area (Å²) in [6.45, 7) is 0.398. The first-order valence-electron chi connectivity index (χ1n) is 11.1. The van der Waals surface area contributed by atoms with E-state index >= 15 is 0 Å². The third kappa shape index (κ3) is 3.14. The van der Waals surface area contributed by atoms with Gasteiger partial charge in [-0.3, -0.25) is 9.59 Å². The number of halogens is 2. The number of carbonyl (C=O) groups excluding carboxylic acids is 2. The summed E-state index contributed by atoms with van der Waals surface area (Å²) in [5.41, 5.74) is 0.411. The highest BCUT2D eigenvalue weighted by atomic mass is 19.3. The summed E-state index contributed by atoms with van der Waals surface area (Å²) >= 11 is 0. The molecule has 1 saturated carbocycles. The van der Waals surface area contributed by atoms with E-state index in [9.17, 15) is 18.4 Å². The lowest BCUT2D eigenvalue weighted by molar-refractivity contribution is -0.257. The number of ketones is 1. The van der Waals surface area contributed by atoms with Gasteiger partial charge in [0.05, 0.1) is 12.2 Å². The van der Waals surface area contributed by atoms with E-state index in [1.54, 1.807) is 11.9 Å². The van der Waals surface area contributed by atoms with E-state index in [0.29, 0.717) is 25.8 Å². The topological polar surface area (TPSA) is 53.1 Å². The lowest BCUT2D eigenvalue weighted by Gasteiger charge is -2.62. The van der Waals surface area contributed by atoms with Crippen LogP contribution in [0.2, 0.25) is 0 Å². The first kappa shape index (κ1) is 21.0. The van der Waals surface area contributed by atoms with Crippen LogP contribution < -0.4 is 0 Å². The van der Waals surface area contributed by atoms with Gasteiger partial charge in [-0.2, -0.15) is 0 Å². The fraction of sp³-hybridized carbons (Fsp3) is 0.652. The molecule has 4 aliphatic rings. The van der Waals surface area contributed by atoms with Crippen LogP contribution in [-0.2, 0) is 14.3 Å². The van der Waals surface area contributed by atoms with Crippen molar-refractivity contribution in [2.24, 2.45) is 5.41 Å². The Balaban J connectivity index is 1.64. The molecular weight excluding hydrogens is 404 g/mol. The van der Waals surface area contributed by atoms with Gasteiger partial charge in [0.2, 0.25) is 11.8 Å². The molecule has 0 radical (unpaired) electrons. The van der Waals surface area contributed by atoms with Gasteiger partial charge in [-0.15, -0.1) is 0 Å². The first-order chi connectivity index (χ1) is 14.8. The number of carbonyl (C=O) groups is 2. The number of ether oxygens (including phenoxy) is 1. The number of hydrogen-bond donors (Lipinski definition) is 0. The molecule has 5 unspecified atom stereocenters. The van der Waals surface area contributed by atoms with Crippen molar-refractivity contribution in [1.82, 2.24) is 14.9 Å². The molecule has 0 N–H and O–H groups in total. The lowest BCUT2D eigenvalue weighted by Crippen LogP contribution is -2.76. The summed E-state index contributed by atoms with van der Waals surface area (Å²) in [7, 11) is 3.21. The van der Waals surface area contributed by atoms with Crippen LogP contribution in [0.25, 0.3) is 0 Å². The van der Waals surface area contributed by atoms with Gasteiger partial charge in [-0.25, -0.2) is 18.8 Å². The Bertz CT molecular complexity index is 882. The normalized spacial score (nSPS) is 38.4. The van der Waals surface area contributed by atoms with Crippen LogP contribution in [0.4, 0.5) is 8.78 Å². The van der Waals surface area contributed by atoms with Gasteiger partial charge < -0.3 is 9.64 Å². The molecule has 1 amide bonds. The van der Waals surface area contributed by atoms with Crippen LogP contribution in [-0.4, -0.2) is 71.5 Å². The second-order valence-corrected chi connectivity index (χ2v) is 9.54. The highest BCUT2D eigenvalue weighted by Gasteiger charge is 2.63. The van der Waals surface area contributed by atoms with Crippen molar-refractivity contribution >= 4 is 11.7 Å². The molecule has 5 rings (SSSR count). The molecule has 5 atom stereocenters. The Labute approximate surface area is 181 Å². The van der Waals surface area contributed by atoms with Crippen LogP contribution >= 0.6 is 0 Å². The smallest absolute Gasteiger partial charge is 0.248 e. The van der Waals surface area contributed by atoms with Crippen LogP contribution in [0, 0.1) is 5.41 Å². The van der Waals surface area contributed by atoms with Crippen molar-refractivity contribution in [3.63, 3.8) is 0 Å². The standard InChI is InChI=1S/C23H29F2N3O3/c1-26-17-8-10-22(11-12-23(24,25)14-22)20(15-6-4-3-5-7-15)28(17)27-13-9-16(29)19(31-2)18(27)21(26)30/h3-7,17-20H,8-14H2,1-2H3. The van der Waals surface area contributed by atoms with Crippen LogP contribution in [0.15, 0.2) is 30.3 Å². The van der Waals surface area contributed by atoms with Gasteiger partial charge >= 0.3 is 0 Å². The highest BCUT2D eigenvalue weighted by Crippen LogP contribution is 2.62. The third-order valence-electron chi connectivity index (χ3n) is 7.88. The molecule has 1 spiro atoms. The maximum Gasteiger partial charge on any atom is 0.248 e. The quantitative estimate of drug-likeness (QED) is 0.718. The number of rotatable bonds is 2. The summed E-state index contributed by atoms with van der Waals surface area (Å²) < 4.78 is 34.6. The molecule has 8 heteroatoms. The summed E-state index contributed by atoms with van der Waals surface area (Å²) in [5.74, 6) is -2.90. The average Bonchev–Trinajstić information content (AvgIpc) is 3.06. The second kappa shape index (κ2) is 7.32. The van der Waals surface area contributed by atoms with Crippen LogP contribution in [0.5, 0.6) is 0 Å². The summed E-state index contributed by atoms with van der Waals surface area (Å²) in [4.78, 5) is 27.5. The van der Waals surface area contributed by atoms with Crippen LogP contribution in [0.3, 0.4) is 0 Å². The number of methoxy groups -OCH3 is 1. The Morgan fingerprint density at radius 3 is 2.48 bits per heavy atom. The Morgan fingerprint density at radius 2 is 1.84 bits per heavy atom. The number of alkyl halides is 2. The molecule has 0 bridgehead atoms. The van der Waals surface area contributed by atoms with Crippen molar-refractivity contribution in [3.05, 3.63) is 35.9 Å². The number of fused-ring (bicyclic) bond motifs is 3. The zero-order valence-corrected chi connectivity index (χ0v) is 18.0. The molecule has 6 nitrogen and oxygen atoms in total. The van der Waals surface area contributed by atoms with Gasteiger partial charge in [0.1, 0.15) is 12.1 Å². The molecule has 0 aromatic heterocycles. The largest absolute Gasteiger partial charge is 0.371 e. The fourth-order valence-corrected chi connectivity index (χ4v) is 6.51. The number of nitrogens with zero attached hydrogens (tertiary/aromatic N) is 3. The molecule has 1 aliphatic carbocycles. The number of piperidine rings is 2. The Kier molecular flexibility index (Phi) is 4.95. The van der Waals surface area contributed by atoms with E-state index in [1.807, 2.05) is 35.3 Å². The number of benzene rings is 1. The number of amides is 1. The van der Waals surface area contributed by atoms with Crippen molar-refractivity contribution in [2.45, 2.75) is 68.8 Å². The third-order valence-corrected chi connectivity index (χ3v) is 7.88. The van der Waals surface area contributed by atoms with Gasteiger partial charge in [-0.05, 0) is 30.2 Å². The van der Waals surface area contributed by atoms with Gasteiger partial charge in [0.15, 0.2) is 5.78 Å². The lowest BCUT2D eigenvalue weighted by atomic mass is 9.68. The van der Waals surface area contributed by atoms with Crippen molar-refractivity contribution in [2.75, 3.05) is 20.7 Å². The minimum atomic E-state index is -2.68. The van der Waals surface area contributed by atoms with E-state index < -0.39 is 23.5 Å². The molecule has 31 heavy (non-hydrogen) atoms. The monoisotopic (exact) mass is 433 g/mol. The number of hydrazine groups is 1. The number of likely N-dealkylation sites (N-methyl/N-ethyl adjacent to an activating group) is 1. The second-order valence-electron chi connectivity index (χ2n) is 9.54. The molecular formula is C23H29F2N3O3. The number of hydrogen-bond acceptors (Lipinski definition) is 5. The predicted octanol–water partition coefficient (Wildman–Crippen LogP) is 3.00. The van der Waals surface area contributed by atoms with Crippen molar-refractivity contribution in [1.29, 1.82) is 0 Å². The highest BCUT2D eigenvalue weighted by molar-refractivity contribution is 5.94. The van der Waals surface area contributed by atoms with Gasteiger partial charge in [-0.1, -0.05) is 30.3 Å². The molecule has 4 fully saturated rings. The van der Waals surface area contributed by atoms with Crippen molar-refractivity contribution in [3.8, 4) is 0 Å². The van der Waals surface area contributed by atoms with E-state index in [2.05, 4.69) is 5.01 Å². The minimum Gasteiger partial charge on any atom is -0.371 e. The average molecular weight is 433 g/mol. The van der Waals surface area contributed by atoms with Crippen LogP contribution in [0.1, 0.15) is 50.1 Å². The molecule has 3 heterocycles. The van der Waals surface area contributed by atoms with E-state index in [1.165, 1.54) is 7.11 Å².